The summed E-state index contributed by atoms with van der Waals surface area (Å²) in [6.07, 6.45) is 0.608. The van der Waals surface area contributed by atoms with Crippen molar-refractivity contribution in [3.05, 3.63) is 52.5 Å². The second kappa shape index (κ2) is 9.67. The molecule has 1 saturated heterocycles. The van der Waals surface area contributed by atoms with Crippen LogP contribution in [0, 0.1) is 11.7 Å². The Labute approximate surface area is 179 Å². The van der Waals surface area contributed by atoms with E-state index in [0.29, 0.717) is 19.4 Å². The molecular weight excluding hydrogens is 431 g/mol. The second-order valence-electron chi connectivity index (χ2n) is 7.07. The number of ether oxygens (including phenoxy) is 1. The molecule has 0 spiro atoms. The summed E-state index contributed by atoms with van der Waals surface area (Å²) in [6, 6.07) is 8.48. The minimum Gasteiger partial charge on any atom is -0.455 e. The van der Waals surface area contributed by atoms with Crippen molar-refractivity contribution in [2.45, 2.75) is 24.3 Å². The van der Waals surface area contributed by atoms with Crippen molar-refractivity contribution in [3.8, 4) is 0 Å². The summed E-state index contributed by atoms with van der Waals surface area (Å²) in [5.74, 6) is -1.76. The molecule has 1 aliphatic heterocycles. The summed E-state index contributed by atoms with van der Waals surface area (Å²) < 4.78 is 44.8. The highest BCUT2D eigenvalue weighted by molar-refractivity contribution is 7.89. The van der Waals surface area contributed by atoms with Gasteiger partial charge in [-0.3, -0.25) is 9.59 Å². The Balaban J connectivity index is 1.47. The summed E-state index contributed by atoms with van der Waals surface area (Å²) >= 11 is 1.54. The number of halogens is 1. The maximum absolute atomic E-state index is 13.0. The van der Waals surface area contributed by atoms with E-state index in [9.17, 15) is 22.4 Å². The van der Waals surface area contributed by atoms with Crippen LogP contribution in [0.2, 0.25) is 0 Å². The molecule has 1 aromatic carbocycles. The molecule has 3 rings (SSSR count). The normalized spacial score (nSPS) is 15.7. The summed E-state index contributed by atoms with van der Waals surface area (Å²) in [4.78, 5) is 27.0. The molecular formula is C20H23FN2O5S2. The monoisotopic (exact) mass is 454 g/mol. The Morgan fingerprint density at radius 3 is 2.47 bits per heavy atom. The Hall–Kier alpha value is -2.30. The molecule has 0 atom stereocenters. The zero-order chi connectivity index (χ0) is 21.7. The van der Waals surface area contributed by atoms with Gasteiger partial charge in [0.05, 0.1) is 17.4 Å². The fraction of sp³-hybridized carbons (Fsp3) is 0.400. The van der Waals surface area contributed by atoms with Gasteiger partial charge in [0, 0.05) is 25.0 Å². The smallest absolute Gasteiger partial charge is 0.309 e. The van der Waals surface area contributed by atoms with Crippen LogP contribution in [-0.2, 0) is 30.9 Å². The summed E-state index contributed by atoms with van der Waals surface area (Å²) in [5.41, 5.74) is 0. The molecule has 10 heteroatoms. The van der Waals surface area contributed by atoms with Crippen LogP contribution in [-0.4, -0.2) is 56.2 Å². The first-order valence-electron chi connectivity index (χ1n) is 9.46. The molecule has 0 N–H and O–H groups in total. The van der Waals surface area contributed by atoms with Crippen molar-refractivity contribution in [3.63, 3.8) is 0 Å². The highest BCUT2D eigenvalue weighted by atomic mass is 32.2. The Morgan fingerprint density at radius 2 is 1.87 bits per heavy atom. The van der Waals surface area contributed by atoms with Crippen molar-refractivity contribution in [2.75, 3.05) is 26.7 Å². The first kappa shape index (κ1) is 22.4. The average molecular weight is 455 g/mol. The van der Waals surface area contributed by atoms with Gasteiger partial charge in [-0.05, 0) is 48.6 Å². The van der Waals surface area contributed by atoms with Crippen molar-refractivity contribution < 1.29 is 27.1 Å². The molecule has 7 nitrogen and oxygen atoms in total. The van der Waals surface area contributed by atoms with Gasteiger partial charge >= 0.3 is 5.97 Å². The van der Waals surface area contributed by atoms with E-state index in [-0.39, 0.29) is 30.5 Å². The molecule has 2 aromatic rings. The van der Waals surface area contributed by atoms with E-state index in [4.69, 9.17) is 4.74 Å². The molecule has 30 heavy (non-hydrogen) atoms. The minimum absolute atomic E-state index is 0.0179. The topological polar surface area (TPSA) is 84.0 Å². The number of carbonyl (C=O) groups is 2. The number of benzene rings is 1. The number of rotatable bonds is 7. The lowest BCUT2D eigenvalue weighted by molar-refractivity contribution is -0.156. The van der Waals surface area contributed by atoms with E-state index in [1.54, 1.807) is 18.4 Å². The van der Waals surface area contributed by atoms with E-state index in [0.717, 1.165) is 17.0 Å². The molecule has 0 saturated carbocycles. The fourth-order valence-corrected chi connectivity index (χ4v) is 5.40. The van der Waals surface area contributed by atoms with Crippen LogP contribution >= 0.6 is 11.3 Å². The molecule has 0 aliphatic carbocycles. The summed E-state index contributed by atoms with van der Waals surface area (Å²) in [5, 5.41) is 1.93. The van der Waals surface area contributed by atoms with E-state index >= 15 is 0 Å². The maximum Gasteiger partial charge on any atom is 0.309 e. The van der Waals surface area contributed by atoms with Crippen LogP contribution in [0.15, 0.2) is 46.7 Å². The molecule has 1 fully saturated rings. The van der Waals surface area contributed by atoms with E-state index in [2.05, 4.69) is 0 Å². The predicted octanol–water partition coefficient (Wildman–Crippen LogP) is 2.49. The van der Waals surface area contributed by atoms with Crippen molar-refractivity contribution >= 4 is 33.2 Å². The molecule has 1 aromatic heterocycles. The molecule has 162 valence electrons. The van der Waals surface area contributed by atoms with E-state index in [1.807, 2.05) is 17.5 Å². The lowest BCUT2D eigenvalue weighted by atomic mass is 9.98. The zero-order valence-electron chi connectivity index (χ0n) is 16.5. The Bertz CT molecular complexity index is 969. The van der Waals surface area contributed by atoms with Gasteiger partial charge < -0.3 is 9.64 Å². The standard InChI is InChI=1S/C20H23FN2O5S2/c1-22(13-17-3-2-12-29-17)19(24)14-28-20(25)15-8-10-23(11-9-15)30(26,27)18-6-4-16(21)5-7-18/h2-7,12,15H,8-11,13-14H2,1H3. The van der Waals surface area contributed by atoms with Gasteiger partial charge in [0.15, 0.2) is 6.61 Å². The molecule has 0 bridgehead atoms. The quantitative estimate of drug-likeness (QED) is 0.600. The second-order valence-corrected chi connectivity index (χ2v) is 10.0. The number of thiophene rings is 1. The third kappa shape index (κ3) is 5.44. The van der Waals surface area contributed by atoms with Crippen LogP contribution in [0.5, 0.6) is 0 Å². The van der Waals surface area contributed by atoms with Crippen LogP contribution in [0.3, 0.4) is 0 Å². The fourth-order valence-electron chi connectivity index (χ4n) is 3.17. The molecule has 0 radical (unpaired) electrons. The predicted molar refractivity (Wildman–Crippen MR) is 110 cm³/mol. The lowest BCUT2D eigenvalue weighted by Gasteiger charge is -2.30. The van der Waals surface area contributed by atoms with E-state index in [1.165, 1.54) is 21.3 Å². The van der Waals surface area contributed by atoms with Crippen molar-refractivity contribution in [1.29, 1.82) is 0 Å². The van der Waals surface area contributed by atoms with Gasteiger partial charge in [-0.15, -0.1) is 11.3 Å². The van der Waals surface area contributed by atoms with Gasteiger partial charge in [-0.25, -0.2) is 12.8 Å². The Morgan fingerprint density at radius 1 is 1.20 bits per heavy atom. The van der Waals surface area contributed by atoms with Gasteiger partial charge in [0.1, 0.15) is 5.82 Å². The number of piperidine rings is 1. The minimum atomic E-state index is -3.74. The highest BCUT2D eigenvalue weighted by Gasteiger charge is 2.33. The third-order valence-electron chi connectivity index (χ3n) is 4.98. The van der Waals surface area contributed by atoms with Gasteiger partial charge in [-0.1, -0.05) is 6.07 Å². The molecule has 1 amide bonds. The first-order chi connectivity index (χ1) is 14.3. The SMILES string of the molecule is CN(Cc1cccs1)C(=O)COC(=O)C1CCN(S(=O)(=O)c2ccc(F)cc2)CC1. The van der Waals surface area contributed by atoms with E-state index < -0.39 is 27.7 Å². The number of hydrogen-bond acceptors (Lipinski definition) is 6. The number of carbonyl (C=O) groups excluding carboxylic acids is 2. The molecule has 1 aliphatic rings. The van der Waals surface area contributed by atoms with Gasteiger partial charge in [-0.2, -0.15) is 4.31 Å². The highest BCUT2D eigenvalue weighted by Crippen LogP contribution is 2.25. The number of nitrogens with zero attached hydrogens (tertiary/aromatic N) is 2. The Kier molecular flexibility index (Phi) is 7.22. The number of likely N-dealkylation sites (N-methyl/N-ethyl adjacent to an activating group) is 1. The van der Waals surface area contributed by atoms with Crippen LogP contribution in [0.4, 0.5) is 4.39 Å². The van der Waals surface area contributed by atoms with Crippen LogP contribution in [0.1, 0.15) is 17.7 Å². The number of esters is 1. The average Bonchev–Trinajstić information content (AvgIpc) is 3.25. The van der Waals surface area contributed by atoms with Crippen molar-refractivity contribution in [2.24, 2.45) is 5.92 Å². The van der Waals surface area contributed by atoms with Gasteiger partial charge in [0.25, 0.3) is 5.91 Å². The largest absolute Gasteiger partial charge is 0.455 e. The molecule has 2 heterocycles. The number of hydrogen-bond donors (Lipinski definition) is 0. The lowest BCUT2D eigenvalue weighted by Crippen LogP contribution is -2.41. The molecule has 0 unspecified atom stereocenters. The summed E-state index contributed by atoms with van der Waals surface area (Å²) in [7, 11) is -2.09. The first-order valence-corrected chi connectivity index (χ1v) is 11.8. The number of sulfonamides is 1. The van der Waals surface area contributed by atoms with Gasteiger partial charge in [0.2, 0.25) is 10.0 Å². The van der Waals surface area contributed by atoms with Crippen molar-refractivity contribution in [1.82, 2.24) is 9.21 Å². The summed E-state index contributed by atoms with van der Waals surface area (Å²) in [6.45, 7) is 0.430. The number of amides is 1. The third-order valence-corrected chi connectivity index (χ3v) is 7.75. The maximum atomic E-state index is 13.0. The van der Waals surface area contributed by atoms with Crippen LogP contribution < -0.4 is 0 Å². The van der Waals surface area contributed by atoms with Crippen LogP contribution in [0.25, 0.3) is 0 Å². The zero-order valence-corrected chi connectivity index (χ0v) is 18.1.